The zero-order valence-electron chi connectivity index (χ0n) is 13.2. The van der Waals surface area contributed by atoms with E-state index in [4.69, 9.17) is 14.6 Å². The fraction of sp³-hybridized carbons (Fsp3) is 0.588. The van der Waals surface area contributed by atoms with Crippen LogP contribution >= 0.6 is 0 Å². The Balaban J connectivity index is 1.73. The Hall–Kier alpha value is -1.75. The van der Waals surface area contributed by atoms with E-state index in [1.165, 1.54) is 51.6 Å². The van der Waals surface area contributed by atoms with Crippen molar-refractivity contribution in [1.82, 2.24) is 4.90 Å². The molecule has 22 heavy (non-hydrogen) atoms. The third kappa shape index (κ3) is 4.91. The number of piperidine rings is 1. The average Bonchev–Trinajstić information content (AvgIpc) is 2.55. The smallest absolute Gasteiger partial charge is 0.335 e. The van der Waals surface area contributed by atoms with E-state index < -0.39 is 5.97 Å². The van der Waals surface area contributed by atoms with Crippen molar-refractivity contribution in [1.29, 1.82) is 0 Å². The predicted octanol–water partition coefficient (Wildman–Crippen LogP) is 3.04. The van der Waals surface area contributed by atoms with Crippen molar-refractivity contribution in [3.63, 3.8) is 0 Å². The van der Waals surface area contributed by atoms with Crippen molar-refractivity contribution in [2.75, 3.05) is 33.4 Å². The van der Waals surface area contributed by atoms with Crippen LogP contribution in [0.1, 0.15) is 42.5 Å². The number of likely N-dealkylation sites (tertiary alicyclic amines) is 1. The van der Waals surface area contributed by atoms with Crippen LogP contribution in [0.4, 0.5) is 0 Å². The molecule has 5 heteroatoms. The Bertz CT molecular complexity index is 484. The zero-order chi connectivity index (χ0) is 15.8. The van der Waals surface area contributed by atoms with Crippen molar-refractivity contribution >= 4 is 5.97 Å². The molecule has 1 N–H and O–H groups in total. The van der Waals surface area contributed by atoms with Crippen molar-refractivity contribution in [3.8, 4) is 11.5 Å². The first kappa shape index (κ1) is 16.6. The SMILES string of the molecule is COc1cc(C(=O)O)ccc1OCCCCN1CCCCC1. The molecule has 1 fully saturated rings. The van der Waals surface area contributed by atoms with Gasteiger partial charge in [-0.1, -0.05) is 6.42 Å². The van der Waals surface area contributed by atoms with E-state index in [9.17, 15) is 4.79 Å². The fourth-order valence-electron chi connectivity index (χ4n) is 2.72. The lowest BCUT2D eigenvalue weighted by atomic mass is 10.1. The van der Waals surface area contributed by atoms with Crippen LogP contribution in [0, 0.1) is 0 Å². The molecule has 5 nitrogen and oxygen atoms in total. The summed E-state index contributed by atoms with van der Waals surface area (Å²) in [6.45, 7) is 4.21. The molecule has 0 bridgehead atoms. The fourth-order valence-corrected chi connectivity index (χ4v) is 2.72. The first-order valence-electron chi connectivity index (χ1n) is 7.97. The van der Waals surface area contributed by atoms with E-state index in [-0.39, 0.29) is 5.56 Å². The standard InChI is InChI=1S/C17H25NO4/c1-21-16-13-14(17(19)20)7-8-15(16)22-12-6-5-11-18-9-3-2-4-10-18/h7-8,13H,2-6,9-12H2,1H3,(H,19,20). The molecule has 0 aliphatic carbocycles. The van der Waals surface area contributed by atoms with Crippen LogP contribution in [0.5, 0.6) is 11.5 Å². The monoisotopic (exact) mass is 307 g/mol. The van der Waals surface area contributed by atoms with Crippen LogP contribution in [0.2, 0.25) is 0 Å². The van der Waals surface area contributed by atoms with Gasteiger partial charge in [0.2, 0.25) is 0 Å². The summed E-state index contributed by atoms with van der Waals surface area (Å²) in [5, 5.41) is 8.96. The first-order chi connectivity index (χ1) is 10.7. The molecule has 1 aromatic rings. The normalized spacial score (nSPS) is 15.5. The van der Waals surface area contributed by atoms with Gasteiger partial charge in [-0.05, 0) is 63.5 Å². The van der Waals surface area contributed by atoms with Crippen LogP contribution in [0.15, 0.2) is 18.2 Å². The van der Waals surface area contributed by atoms with Crippen molar-refractivity contribution < 1.29 is 19.4 Å². The molecule has 0 atom stereocenters. The number of carboxylic acids is 1. The molecular weight excluding hydrogens is 282 g/mol. The van der Waals surface area contributed by atoms with Crippen LogP contribution in [-0.4, -0.2) is 49.3 Å². The number of benzene rings is 1. The van der Waals surface area contributed by atoms with Gasteiger partial charge in [-0.15, -0.1) is 0 Å². The molecule has 1 aromatic carbocycles. The maximum absolute atomic E-state index is 10.9. The van der Waals surface area contributed by atoms with Crippen LogP contribution in [-0.2, 0) is 0 Å². The van der Waals surface area contributed by atoms with Gasteiger partial charge in [-0.3, -0.25) is 0 Å². The third-order valence-corrected chi connectivity index (χ3v) is 3.99. The van der Waals surface area contributed by atoms with Crippen LogP contribution in [0.3, 0.4) is 0 Å². The number of rotatable bonds is 8. The summed E-state index contributed by atoms with van der Waals surface area (Å²) in [7, 11) is 1.52. The second-order valence-electron chi connectivity index (χ2n) is 5.63. The molecule has 0 spiro atoms. The Kier molecular flexibility index (Phi) is 6.52. The van der Waals surface area contributed by atoms with E-state index in [0.29, 0.717) is 18.1 Å². The summed E-state index contributed by atoms with van der Waals surface area (Å²) < 4.78 is 10.9. The minimum absolute atomic E-state index is 0.203. The van der Waals surface area contributed by atoms with Gasteiger partial charge >= 0.3 is 5.97 Å². The van der Waals surface area contributed by atoms with Gasteiger partial charge in [-0.25, -0.2) is 4.79 Å². The second-order valence-corrected chi connectivity index (χ2v) is 5.63. The van der Waals surface area contributed by atoms with Crippen LogP contribution in [0.25, 0.3) is 0 Å². The van der Waals surface area contributed by atoms with Crippen molar-refractivity contribution in [2.45, 2.75) is 32.1 Å². The largest absolute Gasteiger partial charge is 0.493 e. The van der Waals surface area contributed by atoms with E-state index in [1.807, 2.05) is 0 Å². The molecule has 122 valence electrons. The highest BCUT2D eigenvalue weighted by Gasteiger charge is 2.11. The summed E-state index contributed by atoms with van der Waals surface area (Å²) >= 11 is 0. The van der Waals surface area contributed by atoms with E-state index in [1.54, 1.807) is 6.07 Å². The number of unbranched alkanes of at least 4 members (excludes halogenated alkanes) is 1. The molecule has 0 radical (unpaired) electrons. The topological polar surface area (TPSA) is 59.0 Å². The van der Waals surface area contributed by atoms with E-state index in [0.717, 1.165) is 19.4 Å². The zero-order valence-corrected chi connectivity index (χ0v) is 13.2. The number of carbonyl (C=O) groups is 1. The number of methoxy groups -OCH3 is 1. The third-order valence-electron chi connectivity index (χ3n) is 3.99. The molecule has 1 aliphatic heterocycles. The number of hydrogen-bond donors (Lipinski definition) is 1. The summed E-state index contributed by atoms with van der Waals surface area (Å²) in [5.74, 6) is 0.104. The molecule has 1 heterocycles. The number of aromatic carboxylic acids is 1. The molecule has 1 saturated heterocycles. The number of hydrogen-bond acceptors (Lipinski definition) is 4. The highest BCUT2D eigenvalue weighted by molar-refractivity contribution is 5.88. The summed E-state index contributed by atoms with van der Waals surface area (Å²) in [4.78, 5) is 13.4. The molecule has 0 unspecified atom stereocenters. The van der Waals surface area contributed by atoms with Crippen LogP contribution < -0.4 is 9.47 Å². The lowest BCUT2D eigenvalue weighted by Gasteiger charge is -2.26. The summed E-state index contributed by atoms with van der Waals surface area (Å²) in [6.07, 6.45) is 6.12. The Morgan fingerprint density at radius 2 is 1.95 bits per heavy atom. The maximum Gasteiger partial charge on any atom is 0.335 e. The first-order valence-corrected chi connectivity index (χ1v) is 7.97. The Morgan fingerprint density at radius 1 is 1.18 bits per heavy atom. The van der Waals surface area contributed by atoms with Gasteiger partial charge < -0.3 is 19.5 Å². The maximum atomic E-state index is 10.9. The van der Waals surface area contributed by atoms with E-state index >= 15 is 0 Å². The lowest BCUT2D eigenvalue weighted by Crippen LogP contribution is -2.30. The van der Waals surface area contributed by atoms with Gasteiger partial charge in [0.25, 0.3) is 0 Å². The lowest BCUT2D eigenvalue weighted by molar-refractivity contribution is 0.0696. The highest BCUT2D eigenvalue weighted by atomic mass is 16.5. The van der Waals surface area contributed by atoms with E-state index in [2.05, 4.69) is 4.90 Å². The average molecular weight is 307 g/mol. The number of ether oxygens (including phenoxy) is 2. The van der Waals surface area contributed by atoms with Gasteiger partial charge in [0.15, 0.2) is 11.5 Å². The highest BCUT2D eigenvalue weighted by Crippen LogP contribution is 2.28. The molecular formula is C17H25NO4. The van der Waals surface area contributed by atoms with Crippen molar-refractivity contribution in [2.24, 2.45) is 0 Å². The van der Waals surface area contributed by atoms with Gasteiger partial charge in [-0.2, -0.15) is 0 Å². The molecule has 0 saturated carbocycles. The Labute approximate surface area is 131 Å². The van der Waals surface area contributed by atoms with Gasteiger partial charge in [0, 0.05) is 0 Å². The van der Waals surface area contributed by atoms with Gasteiger partial charge in [0.05, 0.1) is 19.3 Å². The number of carboxylic acid groups (broad SMARTS) is 1. The van der Waals surface area contributed by atoms with Crippen molar-refractivity contribution in [3.05, 3.63) is 23.8 Å². The predicted molar refractivity (Wildman–Crippen MR) is 85.0 cm³/mol. The minimum atomic E-state index is -0.966. The Morgan fingerprint density at radius 3 is 2.64 bits per heavy atom. The molecule has 0 amide bonds. The summed E-state index contributed by atoms with van der Waals surface area (Å²) in [5.41, 5.74) is 0.203. The number of nitrogens with zero attached hydrogens (tertiary/aromatic N) is 1. The minimum Gasteiger partial charge on any atom is -0.493 e. The second kappa shape index (κ2) is 8.63. The summed E-state index contributed by atoms with van der Waals surface area (Å²) in [6, 6.07) is 4.69. The quantitative estimate of drug-likeness (QED) is 0.748. The van der Waals surface area contributed by atoms with Gasteiger partial charge in [0.1, 0.15) is 0 Å². The molecule has 0 aromatic heterocycles. The molecule has 2 rings (SSSR count). The molecule has 1 aliphatic rings.